The number of rotatable bonds is 4. The van der Waals surface area contributed by atoms with E-state index in [9.17, 15) is 4.79 Å². The van der Waals surface area contributed by atoms with Gasteiger partial charge in [0.15, 0.2) is 5.82 Å². The lowest BCUT2D eigenvalue weighted by molar-refractivity contribution is 0.0944. The smallest absolute Gasteiger partial charge is 0.255 e. The zero-order valence-electron chi connectivity index (χ0n) is 13.5. The minimum Gasteiger partial charge on any atom is -0.496 e. The van der Waals surface area contributed by atoms with Crippen molar-refractivity contribution in [3.8, 4) is 17.3 Å². The quantitative estimate of drug-likeness (QED) is 0.689. The Balaban J connectivity index is 2.04. The van der Waals surface area contributed by atoms with Crippen LogP contribution in [0, 0.1) is 6.92 Å². The molecule has 1 aromatic carbocycles. The molecule has 2 heterocycles. The molecule has 1 amide bonds. The molecule has 0 fully saturated rings. The Hall–Kier alpha value is -2.83. The van der Waals surface area contributed by atoms with Gasteiger partial charge in [-0.3, -0.25) is 9.89 Å². The van der Waals surface area contributed by atoms with E-state index in [-0.39, 0.29) is 11.9 Å². The molecule has 0 aliphatic heterocycles. The van der Waals surface area contributed by atoms with Crippen LogP contribution in [0.3, 0.4) is 0 Å². The number of aromatic nitrogens is 4. The van der Waals surface area contributed by atoms with Crippen molar-refractivity contribution in [3.63, 3.8) is 0 Å². The van der Waals surface area contributed by atoms with Gasteiger partial charge in [-0.1, -0.05) is 0 Å². The van der Waals surface area contributed by atoms with Crippen LogP contribution in [0.25, 0.3) is 22.6 Å². The van der Waals surface area contributed by atoms with E-state index in [1.165, 1.54) is 0 Å². The number of aromatic amines is 2. The van der Waals surface area contributed by atoms with Gasteiger partial charge >= 0.3 is 0 Å². The van der Waals surface area contributed by atoms with Crippen molar-refractivity contribution >= 4 is 16.9 Å². The number of aryl methyl sites for hydroxylation is 1. The summed E-state index contributed by atoms with van der Waals surface area (Å²) in [5, 5.41) is 9.75. The highest BCUT2D eigenvalue weighted by molar-refractivity contribution is 5.99. The molecule has 3 aromatic rings. The molecule has 7 nitrogen and oxygen atoms in total. The molecule has 3 rings (SSSR count). The fourth-order valence-corrected chi connectivity index (χ4v) is 2.46. The Morgan fingerprint density at radius 1 is 1.35 bits per heavy atom. The van der Waals surface area contributed by atoms with E-state index in [1.807, 2.05) is 32.9 Å². The van der Waals surface area contributed by atoms with Crippen molar-refractivity contribution in [1.82, 2.24) is 25.5 Å². The molecule has 0 aliphatic rings. The van der Waals surface area contributed by atoms with Gasteiger partial charge < -0.3 is 15.0 Å². The van der Waals surface area contributed by atoms with E-state index in [1.54, 1.807) is 13.3 Å². The van der Waals surface area contributed by atoms with Gasteiger partial charge in [0.25, 0.3) is 5.91 Å². The lowest BCUT2D eigenvalue weighted by Crippen LogP contribution is -2.30. The molecule has 0 saturated carbocycles. The number of carbonyl (C=O) groups excluding carboxylic acids is 1. The van der Waals surface area contributed by atoms with Gasteiger partial charge in [0.2, 0.25) is 0 Å². The SMILES string of the molecule is COc1cc2nc(-c3n[nH]cc3C(=O)NC(C)C)[nH]c2cc1C. The number of imidazole rings is 1. The Bertz CT molecular complexity index is 863. The average molecular weight is 313 g/mol. The predicted octanol–water partition coefficient (Wildman–Crippen LogP) is 2.41. The van der Waals surface area contributed by atoms with E-state index in [2.05, 4.69) is 25.5 Å². The number of ether oxygens (including phenoxy) is 1. The number of amides is 1. The van der Waals surface area contributed by atoms with Gasteiger partial charge in [0, 0.05) is 18.3 Å². The molecule has 0 atom stereocenters. The Labute approximate surface area is 133 Å². The number of fused-ring (bicyclic) bond motifs is 1. The minimum absolute atomic E-state index is 0.0489. The van der Waals surface area contributed by atoms with Gasteiger partial charge in [-0.15, -0.1) is 0 Å². The molecule has 0 radical (unpaired) electrons. The first-order valence-electron chi connectivity index (χ1n) is 7.39. The highest BCUT2D eigenvalue weighted by Crippen LogP contribution is 2.27. The summed E-state index contributed by atoms with van der Waals surface area (Å²) < 4.78 is 5.32. The maximum Gasteiger partial charge on any atom is 0.255 e. The van der Waals surface area contributed by atoms with Crippen molar-refractivity contribution < 1.29 is 9.53 Å². The number of methoxy groups -OCH3 is 1. The zero-order chi connectivity index (χ0) is 16.6. The second-order valence-corrected chi connectivity index (χ2v) is 5.70. The van der Waals surface area contributed by atoms with Crippen LogP contribution < -0.4 is 10.1 Å². The van der Waals surface area contributed by atoms with Crippen molar-refractivity contribution in [2.75, 3.05) is 7.11 Å². The third-order valence-corrected chi connectivity index (χ3v) is 3.53. The largest absolute Gasteiger partial charge is 0.496 e. The van der Waals surface area contributed by atoms with E-state index in [0.29, 0.717) is 17.1 Å². The summed E-state index contributed by atoms with van der Waals surface area (Å²) in [7, 11) is 1.63. The number of nitrogens with one attached hydrogen (secondary N) is 3. The van der Waals surface area contributed by atoms with Gasteiger partial charge in [0.1, 0.15) is 11.4 Å². The van der Waals surface area contributed by atoms with E-state index in [4.69, 9.17) is 4.74 Å². The molecule has 120 valence electrons. The van der Waals surface area contributed by atoms with Crippen molar-refractivity contribution in [3.05, 3.63) is 29.5 Å². The molecule has 0 spiro atoms. The fraction of sp³-hybridized carbons (Fsp3) is 0.312. The lowest BCUT2D eigenvalue weighted by Gasteiger charge is -2.07. The molecular weight excluding hydrogens is 294 g/mol. The first-order chi connectivity index (χ1) is 11.0. The number of benzene rings is 1. The monoisotopic (exact) mass is 313 g/mol. The van der Waals surface area contributed by atoms with Crippen LogP contribution in [0.15, 0.2) is 18.3 Å². The summed E-state index contributed by atoms with van der Waals surface area (Å²) in [6, 6.07) is 3.88. The molecular formula is C16H19N5O2. The number of hydrogen-bond donors (Lipinski definition) is 3. The molecule has 23 heavy (non-hydrogen) atoms. The maximum absolute atomic E-state index is 12.2. The van der Waals surface area contributed by atoms with E-state index < -0.39 is 0 Å². The maximum atomic E-state index is 12.2. The standard InChI is InChI=1S/C16H19N5O2/c1-8(2)18-16(22)10-7-17-21-14(10)15-19-11-5-9(3)13(23-4)6-12(11)20-15/h5-8H,1-4H3,(H,17,21)(H,18,22)(H,19,20). The number of carbonyl (C=O) groups is 1. The second kappa shape index (κ2) is 5.75. The van der Waals surface area contributed by atoms with Crippen molar-refractivity contribution in [2.45, 2.75) is 26.8 Å². The molecule has 0 bridgehead atoms. The summed E-state index contributed by atoms with van der Waals surface area (Å²) in [5.74, 6) is 1.14. The third-order valence-electron chi connectivity index (χ3n) is 3.53. The van der Waals surface area contributed by atoms with Crippen LogP contribution in [0.4, 0.5) is 0 Å². The summed E-state index contributed by atoms with van der Waals surface area (Å²) in [4.78, 5) is 20.0. The zero-order valence-corrected chi connectivity index (χ0v) is 13.5. The first kappa shape index (κ1) is 15.1. The number of H-pyrrole nitrogens is 2. The topological polar surface area (TPSA) is 95.7 Å². The number of nitrogens with zero attached hydrogens (tertiary/aromatic N) is 2. The van der Waals surface area contributed by atoms with Crippen LogP contribution in [-0.4, -0.2) is 39.2 Å². The second-order valence-electron chi connectivity index (χ2n) is 5.70. The first-order valence-corrected chi connectivity index (χ1v) is 7.39. The Kier molecular flexibility index (Phi) is 3.77. The van der Waals surface area contributed by atoms with E-state index >= 15 is 0 Å². The summed E-state index contributed by atoms with van der Waals surface area (Å²) in [5.41, 5.74) is 3.60. The average Bonchev–Trinajstić information content (AvgIpc) is 3.11. The molecule has 0 saturated heterocycles. The van der Waals surface area contributed by atoms with E-state index in [0.717, 1.165) is 22.3 Å². The van der Waals surface area contributed by atoms with Gasteiger partial charge in [-0.25, -0.2) is 4.98 Å². The van der Waals surface area contributed by atoms with Crippen LogP contribution in [-0.2, 0) is 0 Å². The molecule has 7 heteroatoms. The fourth-order valence-electron chi connectivity index (χ4n) is 2.46. The predicted molar refractivity (Wildman–Crippen MR) is 87.6 cm³/mol. The van der Waals surface area contributed by atoms with Gasteiger partial charge in [0.05, 0.1) is 23.7 Å². The normalized spacial score (nSPS) is 11.2. The van der Waals surface area contributed by atoms with Crippen molar-refractivity contribution in [1.29, 1.82) is 0 Å². The van der Waals surface area contributed by atoms with Gasteiger partial charge in [-0.05, 0) is 32.4 Å². The number of hydrogen-bond acceptors (Lipinski definition) is 4. The van der Waals surface area contributed by atoms with Gasteiger partial charge in [-0.2, -0.15) is 5.10 Å². The van der Waals surface area contributed by atoms with Crippen LogP contribution in [0.5, 0.6) is 5.75 Å². The molecule has 0 unspecified atom stereocenters. The Morgan fingerprint density at radius 2 is 2.13 bits per heavy atom. The van der Waals surface area contributed by atoms with Crippen LogP contribution in [0.1, 0.15) is 29.8 Å². The summed E-state index contributed by atoms with van der Waals surface area (Å²) in [6.45, 7) is 5.79. The third kappa shape index (κ3) is 2.77. The minimum atomic E-state index is -0.182. The lowest BCUT2D eigenvalue weighted by atomic mass is 10.2. The summed E-state index contributed by atoms with van der Waals surface area (Å²) in [6.07, 6.45) is 1.58. The highest BCUT2D eigenvalue weighted by atomic mass is 16.5. The Morgan fingerprint density at radius 3 is 2.83 bits per heavy atom. The summed E-state index contributed by atoms with van der Waals surface area (Å²) >= 11 is 0. The molecule has 3 N–H and O–H groups in total. The van der Waals surface area contributed by atoms with Crippen LogP contribution in [0.2, 0.25) is 0 Å². The molecule has 2 aromatic heterocycles. The van der Waals surface area contributed by atoms with Crippen molar-refractivity contribution in [2.24, 2.45) is 0 Å². The van der Waals surface area contributed by atoms with Crippen LogP contribution >= 0.6 is 0 Å². The molecule has 0 aliphatic carbocycles. The highest BCUT2D eigenvalue weighted by Gasteiger charge is 2.19.